The first kappa shape index (κ1) is 14.3. The third-order valence-electron chi connectivity index (χ3n) is 3.51. The number of rotatable bonds is 5. The van der Waals surface area contributed by atoms with Crippen molar-refractivity contribution in [2.24, 2.45) is 0 Å². The summed E-state index contributed by atoms with van der Waals surface area (Å²) in [6, 6.07) is 3.19. The van der Waals surface area contributed by atoms with Crippen LogP contribution in [-0.2, 0) is 9.53 Å². The molecule has 0 saturated heterocycles. The number of hydrogen-bond acceptors (Lipinski definition) is 5. The standard InChI is InChI=1S/C14H18N2O4/c1-2-20-12(17)10-5-6-11(15-9-10)16-14(13(18)19)7-3-4-8-14/h5-6,9H,2-4,7-8H2,1H3,(H,15,16)(H,18,19). The van der Waals surface area contributed by atoms with Gasteiger partial charge in [-0.1, -0.05) is 12.8 Å². The first-order valence-corrected chi connectivity index (χ1v) is 6.72. The van der Waals surface area contributed by atoms with Crippen LogP contribution in [0, 0.1) is 0 Å². The summed E-state index contributed by atoms with van der Waals surface area (Å²) in [7, 11) is 0. The molecule has 0 aliphatic heterocycles. The van der Waals surface area contributed by atoms with Crippen molar-refractivity contribution in [3.05, 3.63) is 23.9 Å². The Hall–Kier alpha value is -2.11. The number of hydrogen-bond donors (Lipinski definition) is 2. The molecule has 0 atom stereocenters. The SMILES string of the molecule is CCOC(=O)c1ccc(NC2(C(=O)O)CCCC2)nc1. The van der Waals surface area contributed by atoms with E-state index in [1.54, 1.807) is 19.1 Å². The number of anilines is 1. The van der Waals surface area contributed by atoms with Gasteiger partial charge in [0.15, 0.2) is 0 Å². The van der Waals surface area contributed by atoms with E-state index in [0.29, 0.717) is 30.8 Å². The van der Waals surface area contributed by atoms with Gasteiger partial charge < -0.3 is 15.2 Å². The molecule has 1 aliphatic carbocycles. The summed E-state index contributed by atoms with van der Waals surface area (Å²) in [6.07, 6.45) is 4.35. The smallest absolute Gasteiger partial charge is 0.339 e. The van der Waals surface area contributed by atoms with E-state index in [1.165, 1.54) is 6.20 Å². The molecule has 0 aromatic carbocycles. The van der Waals surface area contributed by atoms with Crippen LogP contribution in [0.2, 0.25) is 0 Å². The Morgan fingerprint density at radius 1 is 1.40 bits per heavy atom. The number of nitrogens with zero attached hydrogens (tertiary/aromatic N) is 1. The Morgan fingerprint density at radius 2 is 2.10 bits per heavy atom. The zero-order valence-electron chi connectivity index (χ0n) is 11.4. The summed E-state index contributed by atoms with van der Waals surface area (Å²) in [5.74, 6) is -0.825. The van der Waals surface area contributed by atoms with Crippen molar-refractivity contribution in [2.45, 2.75) is 38.1 Å². The number of ether oxygens (including phenoxy) is 1. The second-order valence-electron chi connectivity index (χ2n) is 4.87. The Labute approximate surface area is 117 Å². The van der Waals surface area contributed by atoms with Crippen molar-refractivity contribution in [1.29, 1.82) is 0 Å². The predicted octanol–water partition coefficient (Wildman–Crippen LogP) is 2.07. The summed E-state index contributed by atoms with van der Waals surface area (Å²) >= 11 is 0. The van der Waals surface area contributed by atoms with Crippen LogP contribution < -0.4 is 5.32 Å². The number of carboxylic acid groups (broad SMARTS) is 1. The lowest BCUT2D eigenvalue weighted by molar-refractivity contribution is -0.142. The van der Waals surface area contributed by atoms with Crippen LogP contribution >= 0.6 is 0 Å². The Morgan fingerprint density at radius 3 is 2.60 bits per heavy atom. The van der Waals surface area contributed by atoms with Crippen LogP contribution in [0.4, 0.5) is 5.82 Å². The number of aliphatic carboxylic acids is 1. The van der Waals surface area contributed by atoms with E-state index in [1.807, 2.05) is 0 Å². The summed E-state index contributed by atoms with van der Waals surface area (Å²) in [6.45, 7) is 2.04. The van der Waals surface area contributed by atoms with Gasteiger partial charge in [0.25, 0.3) is 0 Å². The molecule has 0 bridgehead atoms. The molecule has 6 heteroatoms. The summed E-state index contributed by atoms with van der Waals surface area (Å²) in [5, 5.41) is 12.4. The Bertz CT molecular complexity index is 492. The van der Waals surface area contributed by atoms with E-state index in [9.17, 15) is 14.7 Å². The van der Waals surface area contributed by atoms with E-state index in [-0.39, 0.29) is 0 Å². The van der Waals surface area contributed by atoms with E-state index >= 15 is 0 Å². The molecular weight excluding hydrogens is 260 g/mol. The van der Waals surface area contributed by atoms with Crippen molar-refractivity contribution in [1.82, 2.24) is 4.98 Å². The van der Waals surface area contributed by atoms with Crippen molar-refractivity contribution in [2.75, 3.05) is 11.9 Å². The molecule has 1 saturated carbocycles. The highest BCUT2D eigenvalue weighted by atomic mass is 16.5. The number of esters is 1. The molecule has 2 N–H and O–H groups in total. The zero-order valence-corrected chi connectivity index (χ0v) is 11.4. The summed E-state index contributed by atoms with van der Waals surface area (Å²) < 4.78 is 4.87. The van der Waals surface area contributed by atoms with Gasteiger partial charge in [0.1, 0.15) is 11.4 Å². The van der Waals surface area contributed by atoms with E-state index in [2.05, 4.69) is 10.3 Å². The lowest BCUT2D eigenvalue weighted by atomic mass is 9.98. The third kappa shape index (κ3) is 2.89. The molecule has 0 radical (unpaired) electrons. The lowest BCUT2D eigenvalue weighted by Gasteiger charge is -2.25. The van der Waals surface area contributed by atoms with Crippen LogP contribution in [0.15, 0.2) is 18.3 Å². The average molecular weight is 278 g/mol. The number of carboxylic acids is 1. The molecule has 6 nitrogen and oxygen atoms in total. The molecule has 1 aliphatic rings. The van der Waals surface area contributed by atoms with Crippen molar-refractivity contribution < 1.29 is 19.4 Å². The summed E-state index contributed by atoms with van der Waals surface area (Å²) in [5.41, 5.74) is -0.577. The Kier molecular flexibility index (Phi) is 4.22. The highest BCUT2D eigenvalue weighted by Gasteiger charge is 2.41. The van der Waals surface area contributed by atoms with Crippen molar-refractivity contribution in [3.8, 4) is 0 Å². The van der Waals surface area contributed by atoms with Crippen LogP contribution in [0.3, 0.4) is 0 Å². The average Bonchev–Trinajstić information content (AvgIpc) is 2.90. The maximum atomic E-state index is 11.5. The molecule has 2 rings (SSSR count). The topological polar surface area (TPSA) is 88.5 Å². The minimum atomic E-state index is -0.932. The number of pyridine rings is 1. The van der Waals surface area contributed by atoms with Gasteiger partial charge in [-0.2, -0.15) is 0 Å². The summed E-state index contributed by atoms with van der Waals surface area (Å²) in [4.78, 5) is 27.0. The van der Waals surface area contributed by atoms with Gasteiger partial charge in [0, 0.05) is 6.20 Å². The molecule has 0 unspecified atom stereocenters. The minimum absolute atomic E-state index is 0.307. The van der Waals surface area contributed by atoms with E-state index in [4.69, 9.17) is 4.74 Å². The van der Waals surface area contributed by atoms with Crippen LogP contribution in [0.5, 0.6) is 0 Å². The normalized spacial score (nSPS) is 16.6. The monoisotopic (exact) mass is 278 g/mol. The molecule has 108 valence electrons. The first-order valence-electron chi connectivity index (χ1n) is 6.72. The van der Waals surface area contributed by atoms with Gasteiger partial charge >= 0.3 is 11.9 Å². The quantitative estimate of drug-likeness (QED) is 0.801. The second kappa shape index (κ2) is 5.90. The number of nitrogens with one attached hydrogen (secondary N) is 1. The molecule has 20 heavy (non-hydrogen) atoms. The zero-order chi connectivity index (χ0) is 14.6. The highest BCUT2D eigenvalue weighted by Crippen LogP contribution is 2.32. The molecule has 1 heterocycles. The second-order valence-corrected chi connectivity index (χ2v) is 4.87. The van der Waals surface area contributed by atoms with Crippen molar-refractivity contribution >= 4 is 17.8 Å². The third-order valence-corrected chi connectivity index (χ3v) is 3.51. The fraction of sp³-hybridized carbons (Fsp3) is 0.500. The molecule has 1 aromatic rings. The first-order chi connectivity index (χ1) is 9.57. The minimum Gasteiger partial charge on any atom is -0.480 e. The maximum Gasteiger partial charge on any atom is 0.339 e. The van der Waals surface area contributed by atoms with Gasteiger partial charge in [-0.3, -0.25) is 0 Å². The molecular formula is C14H18N2O4. The number of aromatic nitrogens is 1. The fourth-order valence-electron chi connectivity index (χ4n) is 2.42. The molecule has 1 fully saturated rings. The van der Waals surface area contributed by atoms with Gasteiger partial charge in [0.05, 0.1) is 12.2 Å². The molecule has 0 spiro atoms. The number of carbonyl (C=O) groups is 2. The van der Waals surface area contributed by atoms with Gasteiger partial charge in [0.2, 0.25) is 0 Å². The molecule has 0 amide bonds. The van der Waals surface area contributed by atoms with Crippen LogP contribution in [0.25, 0.3) is 0 Å². The van der Waals surface area contributed by atoms with Gasteiger partial charge in [-0.25, -0.2) is 14.6 Å². The number of carbonyl (C=O) groups excluding carboxylic acids is 1. The Balaban J connectivity index is 2.10. The maximum absolute atomic E-state index is 11.5. The fourth-order valence-corrected chi connectivity index (χ4v) is 2.42. The highest BCUT2D eigenvalue weighted by molar-refractivity contribution is 5.89. The lowest BCUT2D eigenvalue weighted by Crippen LogP contribution is -2.43. The van der Waals surface area contributed by atoms with Crippen LogP contribution in [0.1, 0.15) is 43.0 Å². The van der Waals surface area contributed by atoms with E-state index in [0.717, 1.165) is 12.8 Å². The largest absolute Gasteiger partial charge is 0.480 e. The van der Waals surface area contributed by atoms with Gasteiger partial charge in [-0.15, -0.1) is 0 Å². The van der Waals surface area contributed by atoms with Crippen molar-refractivity contribution in [3.63, 3.8) is 0 Å². The van der Waals surface area contributed by atoms with Crippen LogP contribution in [-0.4, -0.2) is 34.2 Å². The van der Waals surface area contributed by atoms with Gasteiger partial charge in [-0.05, 0) is 31.9 Å². The van der Waals surface area contributed by atoms with E-state index < -0.39 is 17.5 Å². The predicted molar refractivity (Wildman–Crippen MR) is 72.7 cm³/mol. The molecule has 1 aromatic heterocycles.